The fourth-order valence-electron chi connectivity index (χ4n) is 1.17. The Kier molecular flexibility index (Phi) is 7.96. The summed E-state index contributed by atoms with van der Waals surface area (Å²) in [5.74, 6) is 0. The maximum Gasteiger partial charge on any atom is 0.158 e. The molecule has 0 saturated carbocycles. The van der Waals surface area contributed by atoms with Gasteiger partial charge in [0.1, 0.15) is 0 Å². The Labute approximate surface area is 93.0 Å². The summed E-state index contributed by atoms with van der Waals surface area (Å²) in [4.78, 5) is 0. The van der Waals surface area contributed by atoms with Crippen LogP contribution in [-0.2, 0) is 9.47 Å². The Balaban J connectivity index is 3.69. The van der Waals surface area contributed by atoms with Crippen LogP contribution >= 0.6 is 0 Å². The van der Waals surface area contributed by atoms with E-state index < -0.39 is 0 Å². The highest BCUT2D eigenvalue weighted by Crippen LogP contribution is 2.03. The maximum atomic E-state index is 9.04. The van der Waals surface area contributed by atoms with E-state index in [0.717, 1.165) is 13.0 Å². The van der Waals surface area contributed by atoms with E-state index in [0.29, 0.717) is 13.2 Å². The molecule has 0 aliphatic rings. The molecule has 0 spiro atoms. The molecule has 4 heteroatoms. The molecule has 0 aliphatic carbocycles. The van der Waals surface area contributed by atoms with Crippen LogP contribution in [0.15, 0.2) is 0 Å². The number of rotatable bonds is 9. The quantitative estimate of drug-likeness (QED) is 0.571. The summed E-state index contributed by atoms with van der Waals surface area (Å²) in [7, 11) is 0. The van der Waals surface area contributed by atoms with Crippen LogP contribution in [0.1, 0.15) is 34.1 Å². The van der Waals surface area contributed by atoms with Crippen LogP contribution in [-0.4, -0.2) is 43.3 Å². The number of ether oxygens (including phenoxy) is 2. The van der Waals surface area contributed by atoms with E-state index in [9.17, 15) is 0 Å². The van der Waals surface area contributed by atoms with Crippen molar-refractivity contribution < 1.29 is 14.6 Å². The first kappa shape index (κ1) is 14.8. The molecule has 4 nitrogen and oxygen atoms in total. The van der Waals surface area contributed by atoms with Gasteiger partial charge in [-0.15, -0.1) is 0 Å². The van der Waals surface area contributed by atoms with Gasteiger partial charge < -0.3 is 19.9 Å². The zero-order chi connectivity index (χ0) is 11.7. The van der Waals surface area contributed by atoms with Crippen molar-refractivity contribution in [3.05, 3.63) is 0 Å². The number of hydrogen-bond acceptors (Lipinski definition) is 4. The number of hydrogen-bond donors (Lipinski definition) is 2. The lowest BCUT2D eigenvalue weighted by molar-refractivity contribution is -0.139. The number of nitrogens with one attached hydrogen (secondary N) is 1. The van der Waals surface area contributed by atoms with Gasteiger partial charge in [-0.3, -0.25) is 0 Å². The second-order valence-corrected chi connectivity index (χ2v) is 4.10. The second kappa shape index (κ2) is 8.05. The molecule has 2 N–H and O–H groups in total. The summed E-state index contributed by atoms with van der Waals surface area (Å²) in [6.45, 7) is 10.1. The van der Waals surface area contributed by atoms with E-state index in [1.165, 1.54) is 0 Å². The van der Waals surface area contributed by atoms with Gasteiger partial charge in [0.15, 0.2) is 6.29 Å². The molecular formula is C11H25NO3. The molecule has 0 unspecified atom stereocenters. The zero-order valence-electron chi connectivity index (χ0n) is 10.4. The van der Waals surface area contributed by atoms with Crippen LogP contribution in [0.5, 0.6) is 0 Å². The van der Waals surface area contributed by atoms with Crippen LogP contribution in [0.3, 0.4) is 0 Å². The third kappa shape index (κ3) is 7.73. The molecule has 0 saturated heterocycles. The van der Waals surface area contributed by atoms with Crippen molar-refractivity contribution >= 4 is 0 Å². The van der Waals surface area contributed by atoms with E-state index in [1.54, 1.807) is 0 Å². The second-order valence-electron chi connectivity index (χ2n) is 4.10. The molecule has 0 rings (SSSR count). The predicted molar refractivity (Wildman–Crippen MR) is 60.8 cm³/mol. The summed E-state index contributed by atoms with van der Waals surface area (Å²) >= 11 is 0. The van der Waals surface area contributed by atoms with Crippen molar-refractivity contribution in [2.24, 2.45) is 0 Å². The molecule has 0 bridgehead atoms. The molecule has 0 aromatic rings. The Morgan fingerprint density at radius 3 is 2.13 bits per heavy atom. The van der Waals surface area contributed by atoms with Gasteiger partial charge in [0.25, 0.3) is 0 Å². The van der Waals surface area contributed by atoms with Crippen LogP contribution in [0.25, 0.3) is 0 Å². The van der Waals surface area contributed by atoms with E-state index in [-0.39, 0.29) is 18.4 Å². The van der Waals surface area contributed by atoms with Crippen molar-refractivity contribution in [2.45, 2.75) is 45.9 Å². The smallest absolute Gasteiger partial charge is 0.158 e. The summed E-state index contributed by atoms with van der Waals surface area (Å²) in [5.41, 5.74) is -0.233. The average molecular weight is 219 g/mol. The summed E-state index contributed by atoms with van der Waals surface area (Å²) in [5, 5.41) is 12.3. The first-order chi connectivity index (χ1) is 7.05. The SMILES string of the molecule is CCOC(CCNC(C)(C)CO)OCC. The molecule has 0 amide bonds. The molecule has 0 fully saturated rings. The van der Waals surface area contributed by atoms with Gasteiger partial charge in [0.2, 0.25) is 0 Å². The molecule has 0 aromatic carbocycles. The molecule has 0 aromatic heterocycles. The fourth-order valence-corrected chi connectivity index (χ4v) is 1.17. The van der Waals surface area contributed by atoms with Gasteiger partial charge in [0.05, 0.1) is 6.61 Å². The number of aliphatic hydroxyl groups excluding tert-OH is 1. The van der Waals surface area contributed by atoms with Crippen molar-refractivity contribution in [3.63, 3.8) is 0 Å². The molecule has 92 valence electrons. The highest BCUT2D eigenvalue weighted by molar-refractivity contribution is 4.75. The van der Waals surface area contributed by atoms with Crippen LogP contribution < -0.4 is 5.32 Å². The van der Waals surface area contributed by atoms with Gasteiger partial charge in [-0.2, -0.15) is 0 Å². The Morgan fingerprint density at radius 1 is 1.20 bits per heavy atom. The minimum atomic E-state index is -0.233. The van der Waals surface area contributed by atoms with Crippen molar-refractivity contribution in [1.82, 2.24) is 5.32 Å². The van der Waals surface area contributed by atoms with Gasteiger partial charge in [-0.1, -0.05) is 0 Å². The summed E-state index contributed by atoms with van der Waals surface area (Å²) in [6, 6.07) is 0. The first-order valence-electron chi connectivity index (χ1n) is 5.64. The van der Waals surface area contributed by atoms with E-state index in [2.05, 4.69) is 5.32 Å². The maximum absolute atomic E-state index is 9.04. The van der Waals surface area contributed by atoms with Crippen molar-refractivity contribution in [3.8, 4) is 0 Å². The minimum Gasteiger partial charge on any atom is -0.394 e. The lowest BCUT2D eigenvalue weighted by Crippen LogP contribution is -2.44. The Hall–Kier alpha value is -0.160. The summed E-state index contributed by atoms with van der Waals surface area (Å²) in [6.07, 6.45) is 0.660. The lowest BCUT2D eigenvalue weighted by Gasteiger charge is -2.25. The predicted octanol–water partition coefficient (Wildman–Crippen LogP) is 1.14. The minimum absolute atomic E-state index is 0.126. The highest BCUT2D eigenvalue weighted by atomic mass is 16.7. The lowest BCUT2D eigenvalue weighted by atomic mass is 10.1. The highest BCUT2D eigenvalue weighted by Gasteiger charge is 2.16. The van der Waals surface area contributed by atoms with E-state index in [4.69, 9.17) is 14.6 Å². The van der Waals surface area contributed by atoms with Crippen molar-refractivity contribution in [2.75, 3.05) is 26.4 Å². The van der Waals surface area contributed by atoms with Crippen molar-refractivity contribution in [1.29, 1.82) is 0 Å². The average Bonchev–Trinajstić information content (AvgIpc) is 2.18. The topological polar surface area (TPSA) is 50.7 Å². The summed E-state index contributed by atoms with van der Waals surface area (Å²) < 4.78 is 10.8. The van der Waals surface area contributed by atoms with Gasteiger partial charge in [-0.05, 0) is 27.7 Å². The monoisotopic (exact) mass is 219 g/mol. The molecular weight excluding hydrogens is 194 g/mol. The van der Waals surface area contributed by atoms with Gasteiger partial charge >= 0.3 is 0 Å². The third-order valence-corrected chi connectivity index (χ3v) is 2.08. The van der Waals surface area contributed by atoms with Crippen LogP contribution in [0, 0.1) is 0 Å². The van der Waals surface area contributed by atoms with E-state index >= 15 is 0 Å². The molecule has 0 radical (unpaired) electrons. The Morgan fingerprint density at radius 2 is 1.73 bits per heavy atom. The zero-order valence-corrected chi connectivity index (χ0v) is 10.4. The Bertz CT molecular complexity index is 145. The fraction of sp³-hybridized carbons (Fsp3) is 1.00. The van der Waals surface area contributed by atoms with Gasteiger partial charge in [-0.25, -0.2) is 0 Å². The largest absolute Gasteiger partial charge is 0.394 e. The van der Waals surface area contributed by atoms with E-state index in [1.807, 2.05) is 27.7 Å². The molecule has 15 heavy (non-hydrogen) atoms. The van der Waals surface area contributed by atoms with Crippen LogP contribution in [0.4, 0.5) is 0 Å². The third-order valence-electron chi connectivity index (χ3n) is 2.08. The van der Waals surface area contributed by atoms with Crippen LogP contribution in [0.2, 0.25) is 0 Å². The normalized spacial score (nSPS) is 12.4. The number of aliphatic hydroxyl groups is 1. The molecule has 0 heterocycles. The molecule has 0 atom stereocenters. The first-order valence-corrected chi connectivity index (χ1v) is 5.64. The standard InChI is InChI=1S/C11H25NO3/c1-5-14-10(15-6-2)7-8-12-11(3,4)9-13/h10,12-13H,5-9H2,1-4H3. The molecule has 0 aliphatic heterocycles. The van der Waals surface area contributed by atoms with Gasteiger partial charge in [0, 0.05) is 31.7 Å².